The molecule has 0 aliphatic rings. The molecule has 28 heavy (non-hydrogen) atoms. The maximum Gasteiger partial charge on any atom is 0.124 e. The van der Waals surface area contributed by atoms with E-state index in [-0.39, 0.29) is 0 Å². The first-order chi connectivity index (χ1) is 13.9. The minimum Gasteiger partial charge on any atom is -0.489 e. The summed E-state index contributed by atoms with van der Waals surface area (Å²) in [5.74, 6) is 0.953. The Morgan fingerprint density at radius 3 is 2.46 bits per heavy atom. The molecule has 0 aromatic heterocycles. The summed E-state index contributed by atoms with van der Waals surface area (Å²) in [7, 11) is 0. The lowest BCUT2D eigenvalue weighted by molar-refractivity contribution is 0.128. The van der Waals surface area contributed by atoms with Crippen LogP contribution in [0, 0.1) is 0 Å². The molecule has 0 radical (unpaired) electrons. The van der Waals surface area contributed by atoms with Crippen LogP contribution in [0.25, 0.3) is 10.8 Å². The summed E-state index contributed by atoms with van der Waals surface area (Å²) in [4.78, 5) is 0. The average molecular weight is 378 g/mol. The topological polar surface area (TPSA) is 30.5 Å². The van der Waals surface area contributed by atoms with Crippen molar-refractivity contribution in [1.29, 1.82) is 0 Å². The van der Waals surface area contributed by atoms with E-state index < -0.39 is 0 Å². The normalized spacial score (nSPS) is 11.0. The monoisotopic (exact) mass is 377 g/mol. The minimum absolute atomic E-state index is 0.581. The van der Waals surface area contributed by atoms with Crippen LogP contribution in [-0.4, -0.2) is 19.8 Å². The van der Waals surface area contributed by atoms with Gasteiger partial charge < -0.3 is 14.8 Å². The van der Waals surface area contributed by atoms with E-state index in [0.29, 0.717) is 6.61 Å². The van der Waals surface area contributed by atoms with Gasteiger partial charge in [0.1, 0.15) is 12.4 Å². The zero-order chi connectivity index (χ0) is 19.4. The molecule has 3 rings (SSSR count). The van der Waals surface area contributed by atoms with Gasteiger partial charge in [0.2, 0.25) is 0 Å². The zero-order valence-corrected chi connectivity index (χ0v) is 16.8. The van der Waals surface area contributed by atoms with Gasteiger partial charge in [-0.15, -0.1) is 0 Å². The van der Waals surface area contributed by atoms with Crippen LogP contribution < -0.4 is 10.1 Å². The second-order valence-electron chi connectivity index (χ2n) is 7.03. The third kappa shape index (κ3) is 6.08. The average Bonchev–Trinajstić information content (AvgIpc) is 2.75. The van der Waals surface area contributed by atoms with Crippen molar-refractivity contribution in [3.8, 4) is 5.75 Å². The number of rotatable bonds is 12. The largest absolute Gasteiger partial charge is 0.489 e. The Morgan fingerprint density at radius 2 is 1.61 bits per heavy atom. The number of unbranched alkanes of at least 4 members (excludes halogenated alkanes) is 1. The predicted molar refractivity (Wildman–Crippen MR) is 117 cm³/mol. The third-order valence-corrected chi connectivity index (χ3v) is 4.82. The molecule has 0 spiro atoms. The van der Waals surface area contributed by atoms with Gasteiger partial charge in [0.25, 0.3) is 0 Å². The highest BCUT2D eigenvalue weighted by atomic mass is 16.5. The Balaban J connectivity index is 1.61. The summed E-state index contributed by atoms with van der Waals surface area (Å²) >= 11 is 0. The summed E-state index contributed by atoms with van der Waals surface area (Å²) in [6, 6.07) is 23.0. The second-order valence-corrected chi connectivity index (χ2v) is 7.03. The van der Waals surface area contributed by atoms with E-state index in [2.05, 4.69) is 60.8 Å². The van der Waals surface area contributed by atoms with Gasteiger partial charge in [-0.1, -0.05) is 74.0 Å². The van der Waals surface area contributed by atoms with Gasteiger partial charge >= 0.3 is 0 Å². The van der Waals surface area contributed by atoms with E-state index in [1.807, 2.05) is 18.2 Å². The maximum absolute atomic E-state index is 6.19. The van der Waals surface area contributed by atoms with Crippen LogP contribution in [0.2, 0.25) is 0 Å². The first kappa shape index (κ1) is 20.4. The third-order valence-electron chi connectivity index (χ3n) is 4.82. The molecule has 0 saturated carbocycles. The molecule has 0 atom stereocenters. The molecule has 3 aromatic carbocycles. The first-order valence-corrected chi connectivity index (χ1v) is 10.3. The van der Waals surface area contributed by atoms with Crippen LogP contribution in [0.1, 0.15) is 37.3 Å². The lowest BCUT2D eigenvalue weighted by atomic mass is 10.0. The molecular formula is C25H31NO2. The predicted octanol–water partition coefficient (Wildman–Crippen LogP) is 5.72. The van der Waals surface area contributed by atoms with Crippen LogP contribution in [0.4, 0.5) is 0 Å². The van der Waals surface area contributed by atoms with E-state index >= 15 is 0 Å². The van der Waals surface area contributed by atoms with Gasteiger partial charge in [0.05, 0.1) is 0 Å². The quantitative estimate of drug-likeness (QED) is 0.410. The lowest BCUT2D eigenvalue weighted by Gasteiger charge is -2.15. The molecule has 0 unspecified atom stereocenters. The Kier molecular flexibility index (Phi) is 8.35. The van der Waals surface area contributed by atoms with Crippen molar-refractivity contribution in [2.75, 3.05) is 19.8 Å². The van der Waals surface area contributed by atoms with Crippen molar-refractivity contribution in [1.82, 2.24) is 5.32 Å². The SMILES string of the molecule is CCCCOCCCNCc1c(OCc2ccccc2)ccc2ccccc12. The van der Waals surface area contributed by atoms with Crippen molar-refractivity contribution in [3.05, 3.63) is 77.9 Å². The maximum atomic E-state index is 6.19. The summed E-state index contributed by atoms with van der Waals surface area (Å²) < 4.78 is 11.8. The smallest absolute Gasteiger partial charge is 0.124 e. The number of fused-ring (bicyclic) bond motifs is 1. The van der Waals surface area contributed by atoms with E-state index in [0.717, 1.165) is 44.9 Å². The van der Waals surface area contributed by atoms with E-state index in [9.17, 15) is 0 Å². The molecule has 0 aliphatic carbocycles. The number of nitrogens with one attached hydrogen (secondary N) is 1. The highest BCUT2D eigenvalue weighted by Gasteiger charge is 2.09. The van der Waals surface area contributed by atoms with Gasteiger partial charge in [0, 0.05) is 25.3 Å². The Bertz CT molecular complexity index is 832. The van der Waals surface area contributed by atoms with Gasteiger partial charge in [-0.3, -0.25) is 0 Å². The van der Waals surface area contributed by atoms with Crippen molar-refractivity contribution in [2.45, 2.75) is 39.3 Å². The molecule has 3 nitrogen and oxygen atoms in total. The van der Waals surface area contributed by atoms with Crippen molar-refractivity contribution in [3.63, 3.8) is 0 Å². The summed E-state index contributed by atoms with van der Waals surface area (Å²) in [5, 5.41) is 6.06. The first-order valence-electron chi connectivity index (χ1n) is 10.3. The van der Waals surface area contributed by atoms with Crippen molar-refractivity contribution < 1.29 is 9.47 Å². The fourth-order valence-corrected chi connectivity index (χ4v) is 3.23. The Labute approximate surface area is 168 Å². The molecular weight excluding hydrogens is 346 g/mol. The Morgan fingerprint density at radius 1 is 0.821 bits per heavy atom. The molecule has 3 aromatic rings. The van der Waals surface area contributed by atoms with Crippen LogP contribution in [0.3, 0.4) is 0 Å². The van der Waals surface area contributed by atoms with Crippen LogP contribution in [0.5, 0.6) is 5.75 Å². The van der Waals surface area contributed by atoms with Gasteiger partial charge in [0.15, 0.2) is 0 Å². The van der Waals surface area contributed by atoms with Gasteiger partial charge in [-0.05, 0) is 41.8 Å². The van der Waals surface area contributed by atoms with Crippen LogP contribution in [-0.2, 0) is 17.9 Å². The standard InChI is InChI=1S/C25H31NO2/c1-2-3-17-27-18-9-16-26-19-24-23-13-8-7-12-22(23)14-15-25(24)28-20-21-10-5-4-6-11-21/h4-8,10-15,26H,2-3,9,16-20H2,1H3. The molecule has 3 heteroatoms. The molecule has 0 fully saturated rings. The van der Waals surface area contributed by atoms with Crippen molar-refractivity contribution >= 4 is 10.8 Å². The minimum atomic E-state index is 0.581. The Hall–Kier alpha value is -2.36. The van der Waals surface area contributed by atoms with E-state index in [1.165, 1.54) is 28.3 Å². The number of hydrogen-bond donors (Lipinski definition) is 1. The second kappa shape index (κ2) is 11.5. The molecule has 148 valence electrons. The number of benzene rings is 3. The number of hydrogen-bond acceptors (Lipinski definition) is 3. The molecule has 0 aliphatic heterocycles. The highest BCUT2D eigenvalue weighted by molar-refractivity contribution is 5.87. The number of ether oxygens (including phenoxy) is 2. The molecule has 1 N–H and O–H groups in total. The van der Waals surface area contributed by atoms with Gasteiger partial charge in [-0.2, -0.15) is 0 Å². The van der Waals surface area contributed by atoms with E-state index in [1.54, 1.807) is 0 Å². The molecule has 0 amide bonds. The zero-order valence-electron chi connectivity index (χ0n) is 16.8. The molecule has 0 bridgehead atoms. The van der Waals surface area contributed by atoms with Gasteiger partial charge in [-0.25, -0.2) is 0 Å². The van der Waals surface area contributed by atoms with Crippen LogP contribution in [0.15, 0.2) is 66.7 Å². The highest BCUT2D eigenvalue weighted by Crippen LogP contribution is 2.28. The van der Waals surface area contributed by atoms with Crippen LogP contribution >= 0.6 is 0 Å². The summed E-state index contributed by atoms with van der Waals surface area (Å²) in [5.41, 5.74) is 2.40. The van der Waals surface area contributed by atoms with Crippen molar-refractivity contribution in [2.24, 2.45) is 0 Å². The summed E-state index contributed by atoms with van der Waals surface area (Å²) in [6.07, 6.45) is 3.35. The lowest BCUT2D eigenvalue weighted by Crippen LogP contribution is -2.17. The van der Waals surface area contributed by atoms with E-state index in [4.69, 9.17) is 9.47 Å². The fraction of sp³-hybridized carbons (Fsp3) is 0.360. The fourth-order valence-electron chi connectivity index (χ4n) is 3.23. The summed E-state index contributed by atoms with van der Waals surface area (Å²) in [6.45, 7) is 6.19. The molecule has 0 heterocycles. The molecule has 0 saturated heterocycles.